The molecule has 2 heterocycles. The molecule has 0 aromatic heterocycles. The summed E-state index contributed by atoms with van der Waals surface area (Å²) in [7, 11) is 0. The lowest BCUT2D eigenvalue weighted by molar-refractivity contribution is -0.115. The van der Waals surface area contributed by atoms with E-state index in [0.717, 1.165) is 36.4 Å². The van der Waals surface area contributed by atoms with Crippen LogP contribution in [0.2, 0.25) is 0 Å². The molecule has 1 unspecified atom stereocenters. The first-order valence-electron chi connectivity index (χ1n) is 5.71. The maximum Gasteiger partial charge on any atom is 0.228 e. The van der Waals surface area contributed by atoms with E-state index in [2.05, 4.69) is 22.0 Å². The van der Waals surface area contributed by atoms with Crippen molar-refractivity contribution in [1.82, 2.24) is 5.32 Å². The molecule has 1 atom stereocenters. The lowest BCUT2D eigenvalue weighted by Gasteiger charge is -2.13. The van der Waals surface area contributed by atoms with Crippen molar-refractivity contribution in [1.29, 1.82) is 0 Å². The highest BCUT2D eigenvalue weighted by molar-refractivity contribution is 5.99. The number of carbonyl (C=O) groups is 1. The molecule has 2 aliphatic rings. The number of benzene rings is 1. The zero-order valence-corrected chi connectivity index (χ0v) is 9.05. The normalized spacial score (nSPS) is 23.0. The van der Waals surface area contributed by atoms with Gasteiger partial charge in [0.15, 0.2) is 0 Å². The molecule has 3 N–H and O–H groups in total. The minimum atomic E-state index is 0.0923. The van der Waals surface area contributed by atoms with Crippen LogP contribution < -0.4 is 16.0 Å². The number of amides is 1. The number of hydrogen-bond acceptors (Lipinski definition) is 3. The number of rotatable bonds is 2. The number of nitrogens with one attached hydrogen (secondary N) is 3. The Kier molecular flexibility index (Phi) is 2.29. The van der Waals surface area contributed by atoms with Gasteiger partial charge in [-0.15, -0.1) is 0 Å². The molecule has 1 aromatic rings. The van der Waals surface area contributed by atoms with E-state index >= 15 is 0 Å². The molecule has 1 saturated heterocycles. The number of hydrogen-bond donors (Lipinski definition) is 3. The van der Waals surface area contributed by atoms with Crippen molar-refractivity contribution in [2.75, 3.05) is 23.7 Å². The number of fused-ring (bicyclic) bond motifs is 1. The highest BCUT2D eigenvalue weighted by Gasteiger charge is 2.19. The minimum Gasteiger partial charge on any atom is -0.381 e. The second kappa shape index (κ2) is 3.79. The highest BCUT2D eigenvalue weighted by atomic mass is 16.1. The summed E-state index contributed by atoms with van der Waals surface area (Å²) in [6.07, 6.45) is 1.67. The summed E-state index contributed by atoms with van der Waals surface area (Å²) in [5.41, 5.74) is 3.17. The van der Waals surface area contributed by atoms with Gasteiger partial charge in [0.05, 0.1) is 6.42 Å². The fraction of sp³-hybridized carbons (Fsp3) is 0.417. The van der Waals surface area contributed by atoms with Gasteiger partial charge >= 0.3 is 0 Å². The van der Waals surface area contributed by atoms with Crippen LogP contribution in [0.1, 0.15) is 12.0 Å². The molecule has 1 amide bonds. The predicted octanol–water partition coefficient (Wildman–Crippen LogP) is 0.955. The maximum absolute atomic E-state index is 11.2. The van der Waals surface area contributed by atoms with Gasteiger partial charge in [0.1, 0.15) is 0 Å². The maximum atomic E-state index is 11.2. The second-order valence-corrected chi connectivity index (χ2v) is 4.43. The summed E-state index contributed by atoms with van der Waals surface area (Å²) in [6.45, 7) is 2.11. The SMILES string of the molecule is O=C1Cc2cc(NC3CCNC3)ccc2N1. The molecule has 1 fully saturated rings. The lowest BCUT2D eigenvalue weighted by atomic mass is 10.1. The zero-order valence-electron chi connectivity index (χ0n) is 9.05. The first kappa shape index (κ1) is 9.66. The average molecular weight is 217 g/mol. The van der Waals surface area contributed by atoms with E-state index in [-0.39, 0.29) is 5.91 Å². The summed E-state index contributed by atoms with van der Waals surface area (Å²) < 4.78 is 0. The van der Waals surface area contributed by atoms with Crippen molar-refractivity contribution in [3.05, 3.63) is 23.8 Å². The molecule has 0 aliphatic carbocycles. The van der Waals surface area contributed by atoms with Gasteiger partial charge in [0.2, 0.25) is 5.91 Å². The minimum absolute atomic E-state index is 0.0923. The van der Waals surface area contributed by atoms with Gasteiger partial charge in [0.25, 0.3) is 0 Å². The van der Waals surface area contributed by atoms with Crippen molar-refractivity contribution in [3.63, 3.8) is 0 Å². The van der Waals surface area contributed by atoms with Crippen LogP contribution in [0.3, 0.4) is 0 Å². The van der Waals surface area contributed by atoms with E-state index in [1.807, 2.05) is 12.1 Å². The molecule has 0 saturated carbocycles. The van der Waals surface area contributed by atoms with Crippen LogP contribution in [-0.4, -0.2) is 25.0 Å². The third-order valence-corrected chi connectivity index (χ3v) is 3.16. The molecule has 4 heteroatoms. The third kappa shape index (κ3) is 1.76. The van der Waals surface area contributed by atoms with Gasteiger partial charge in [-0.2, -0.15) is 0 Å². The Labute approximate surface area is 94.4 Å². The Bertz CT molecular complexity index is 424. The first-order chi connectivity index (χ1) is 7.81. The van der Waals surface area contributed by atoms with Gasteiger partial charge in [-0.3, -0.25) is 4.79 Å². The summed E-state index contributed by atoms with van der Waals surface area (Å²) in [5.74, 6) is 0.0923. The largest absolute Gasteiger partial charge is 0.381 e. The highest BCUT2D eigenvalue weighted by Crippen LogP contribution is 2.26. The summed E-state index contributed by atoms with van der Waals surface area (Å²) in [6, 6.07) is 6.60. The smallest absolute Gasteiger partial charge is 0.228 e. The summed E-state index contributed by atoms with van der Waals surface area (Å²) in [5, 5.41) is 9.65. The van der Waals surface area contributed by atoms with Gasteiger partial charge in [0, 0.05) is 24.0 Å². The lowest BCUT2D eigenvalue weighted by Crippen LogP contribution is -2.22. The van der Waals surface area contributed by atoms with Crippen molar-refractivity contribution < 1.29 is 4.79 Å². The molecule has 1 aromatic carbocycles. The van der Waals surface area contributed by atoms with Crippen LogP contribution in [0.4, 0.5) is 11.4 Å². The number of anilines is 2. The standard InChI is InChI=1S/C12H15N3O/c16-12-6-8-5-9(1-2-11(8)15-12)14-10-3-4-13-7-10/h1-2,5,10,13-14H,3-4,6-7H2,(H,15,16). The van der Waals surface area contributed by atoms with E-state index in [1.54, 1.807) is 0 Å². The zero-order chi connectivity index (χ0) is 11.0. The van der Waals surface area contributed by atoms with Crippen molar-refractivity contribution in [2.45, 2.75) is 18.9 Å². The van der Waals surface area contributed by atoms with Crippen LogP contribution >= 0.6 is 0 Å². The summed E-state index contributed by atoms with van der Waals surface area (Å²) >= 11 is 0. The van der Waals surface area contributed by atoms with Crippen LogP contribution in [0.15, 0.2) is 18.2 Å². The summed E-state index contributed by atoms with van der Waals surface area (Å²) in [4.78, 5) is 11.2. The van der Waals surface area contributed by atoms with Crippen LogP contribution in [-0.2, 0) is 11.2 Å². The Hall–Kier alpha value is -1.55. The van der Waals surface area contributed by atoms with E-state index in [0.29, 0.717) is 12.5 Å². The molecular weight excluding hydrogens is 202 g/mol. The predicted molar refractivity (Wildman–Crippen MR) is 63.7 cm³/mol. The number of carbonyl (C=O) groups excluding carboxylic acids is 1. The Morgan fingerprint density at radius 2 is 2.31 bits per heavy atom. The first-order valence-corrected chi connectivity index (χ1v) is 5.71. The van der Waals surface area contributed by atoms with Crippen LogP contribution in [0, 0.1) is 0 Å². The molecule has 0 radical (unpaired) electrons. The van der Waals surface area contributed by atoms with E-state index in [9.17, 15) is 4.79 Å². The van der Waals surface area contributed by atoms with Crippen LogP contribution in [0.25, 0.3) is 0 Å². The fourth-order valence-corrected chi connectivity index (χ4v) is 2.33. The third-order valence-electron chi connectivity index (χ3n) is 3.16. The average Bonchev–Trinajstić information content (AvgIpc) is 2.85. The molecule has 4 nitrogen and oxygen atoms in total. The van der Waals surface area contributed by atoms with Crippen molar-refractivity contribution in [3.8, 4) is 0 Å². The fourth-order valence-electron chi connectivity index (χ4n) is 2.33. The monoisotopic (exact) mass is 217 g/mol. The quantitative estimate of drug-likeness (QED) is 0.691. The van der Waals surface area contributed by atoms with Gasteiger partial charge in [-0.25, -0.2) is 0 Å². The topological polar surface area (TPSA) is 53.2 Å². The van der Waals surface area contributed by atoms with E-state index in [1.165, 1.54) is 0 Å². The van der Waals surface area contributed by atoms with Crippen molar-refractivity contribution >= 4 is 17.3 Å². The second-order valence-electron chi connectivity index (χ2n) is 4.43. The Balaban J connectivity index is 1.76. The molecular formula is C12H15N3O. The van der Waals surface area contributed by atoms with E-state index < -0.39 is 0 Å². The molecule has 16 heavy (non-hydrogen) atoms. The van der Waals surface area contributed by atoms with Crippen LogP contribution in [0.5, 0.6) is 0 Å². The molecule has 84 valence electrons. The molecule has 2 aliphatic heterocycles. The van der Waals surface area contributed by atoms with Gasteiger partial charge in [-0.05, 0) is 36.7 Å². The van der Waals surface area contributed by atoms with E-state index in [4.69, 9.17) is 0 Å². The van der Waals surface area contributed by atoms with Gasteiger partial charge < -0.3 is 16.0 Å². The molecule has 0 bridgehead atoms. The Morgan fingerprint density at radius 3 is 3.12 bits per heavy atom. The Morgan fingerprint density at radius 1 is 1.38 bits per heavy atom. The van der Waals surface area contributed by atoms with Gasteiger partial charge in [-0.1, -0.05) is 0 Å². The van der Waals surface area contributed by atoms with Crippen molar-refractivity contribution in [2.24, 2.45) is 0 Å². The molecule has 0 spiro atoms. The molecule has 3 rings (SSSR count).